The SMILES string of the molecule is CCOC(=O)C(C)Oc1c(F)cc(CC(N)CC)cc1F. The van der Waals surface area contributed by atoms with Gasteiger partial charge >= 0.3 is 5.97 Å². The van der Waals surface area contributed by atoms with Gasteiger partial charge in [0.25, 0.3) is 0 Å². The van der Waals surface area contributed by atoms with E-state index in [1.807, 2.05) is 6.92 Å². The summed E-state index contributed by atoms with van der Waals surface area (Å²) in [6, 6.07) is 2.19. The van der Waals surface area contributed by atoms with E-state index in [2.05, 4.69) is 0 Å². The molecule has 0 spiro atoms. The Bertz CT molecular complexity index is 471. The van der Waals surface area contributed by atoms with Crippen molar-refractivity contribution in [3.63, 3.8) is 0 Å². The Morgan fingerprint density at radius 2 is 1.86 bits per heavy atom. The van der Waals surface area contributed by atoms with E-state index in [1.165, 1.54) is 19.1 Å². The van der Waals surface area contributed by atoms with Gasteiger partial charge in [0.05, 0.1) is 6.61 Å². The second kappa shape index (κ2) is 7.93. The molecule has 2 atom stereocenters. The van der Waals surface area contributed by atoms with E-state index in [0.717, 1.165) is 0 Å². The molecule has 118 valence electrons. The molecule has 0 heterocycles. The average Bonchev–Trinajstić information content (AvgIpc) is 2.42. The highest BCUT2D eigenvalue weighted by Crippen LogP contribution is 2.25. The number of esters is 1. The summed E-state index contributed by atoms with van der Waals surface area (Å²) in [7, 11) is 0. The Morgan fingerprint density at radius 3 is 2.33 bits per heavy atom. The number of rotatable bonds is 7. The number of carbonyl (C=O) groups is 1. The molecule has 0 aliphatic rings. The maximum atomic E-state index is 13.9. The lowest BCUT2D eigenvalue weighted by molar-refractivity contribution is -0.150. The topological polar surface area (TPSA) is 61.5 Å². The Balaban J connectivity index is 2.87. The molecule has 1 aromatic rings. The Morgan fingerprint density at radius 1 is 1.29 bits per heavy atom. The molecule has 21 heavy (non-hydrogen) atoms. The van der Waals surface area contributed by atoms with E-state index in [9.17, 15) is 13.6 Å². The number of nitrogens with two attached hydrogens (primary N) is 1. The number of ether oxygens (including phenoxy) is 2. The lowest BCUT2D eigenvalue weighted by Gasteiger charge is -2.16. The van der Waals surface area contributed by atoms with Gasteiger partial charge in [-0.3, -0.25) is 0 Å². The molecule has 0 saturated carbocycles. The second-order valence-corrected chi connectivity index (χ2v) is 4.77. The van der Waals surface area contributed by atoms with E-state index in [-0.39, 0.29) is 12.6 Å². The van der Waals surface area contributed by atoms with Crippen LogP contribution in [0.3, 0.4) is 0 Å². The zero-order valence-corrected chi connectivity index (χ0v) is 12.5. The zero-order chi connectivity index (χ0) is 16.0. The number of hydrogen-bond acceptors (Lipinski definition) is 4. The van der Waals surface area contributed by atoms with Gasteiger partial charge in [-0.15, -0.1) is 0 Å². The monoisotopic (exact) mass is 301 g/mol. The van der Waals surface area contributed by atoms with Crippen LogP contribution in [0.15, 0.2) is 12.1 Å². The molecule has 1 aromatic carbocycles. The van der Waals surface area contributed by atoms with Crippen molar-refractivity contribution in [3.8, 4) is 5.75 Å². The molecule has 0 radical (unpaired) electrons. The third-order valence-corrected chi connectivity index (χ3v) is 2.99. The van der Waals surface area contributed by atoms with Crippen LogP contribution >= 0.6 is 0 Å². The van der Waals surface area contributed by atoms with E-state index in [1.54, 1.807) is 6.92 Å². The van der Waals surface area contributed by atoms with Gasteiger partial charge in [0.2, 0.25) is 0 Å². The van der Waals surface area contributed by atoms with Crippen molar-refractivity contribution in [2.75, 3.05) is 6.61 Å². The van der Waals surface area contributed by atoms with Crippen molar-refractivity contribution in [1.29, 1.82) is 0 Å². The van der Waals surface area contributed by atoms with Crippen molar-refractivity contribution in [2.24, 2.45) is 5.73 Å². The minimum atomic E-state index is -1.09. The molecule has 0 aliphatic heterocycles. The maximum absolute atomic E-state index is 13.9. The predicted octanol–water partition coefficient (Wildman–Crippen LogP) is 2.58. The molecule has 0 fully saturated rings. The molecule has 2 N–H and O–H groups in total. The molecule has 0 aromatic heterocycles. The summed E-state index contributed by atoms with van der Waals surface area (Å²) in [6.45, 7) is 5.08. The first kappa shape index (κ1) is 17.4. The summed E-state index contributed by atoms with van der Waals surface area (Å²) < 4.78 is 37.6. The third-order valence-electron chi connectivity index (χ3n) is 2.99. The van der Waals surface area contributed by atoms with Crippen LogP contribution in [0.1, 0.15) is 32.8 Å². The fourth-order valence-corrected chi connectivity index (χ4v) is 1.77. The molecule has 0 saturated heterocycles. The first-order valence-corrected chi connectivity index (χ1v) is 6.95. The van der Waals surface area contributed by atoms with E-state index < -0.39 is 29.5 Å². The van der Waals surface area contributed by atoms with Crippen LogP contribution < -0.4 is 10.5 Å². The average molecular weight is 301 g/mol. The summed E-state index contributed by atoms with van der Waals surface area (Å²) >= 11 is 0. The summed E-state index contributed by atoms with van der Waals surface area (Å²) in [6.07, 6.45) is -0.00269. The van der Waals surface area contributed by atoms with Crippen LogP contribution in [-0.2, 0) is 16.0 Å². The van der Waals surface area contributed by atoms with Crippen molar-refractivity contribution < 1.29 is 23.0 Å². The van der Waals surface area contributed by atoms with Crippen molar-refractivity contribution >= 4 is 5.97 Å². The molecule has 6 heteroatoms. The zero-order valence-electron chi connectivity index (χ0n) is 12.5. The minimum Gasteiger partial charge on any atom is -0.473 e. The first-order valence-electron chi connectivity index (χ1n) is 6.95. The molecule has 0 bridgehead atoms. The Labute approximate surface area is 123 Å². The molecule has 4 nitrogen and oxygen atoms in total. The molecule has 0 amide bonds. The summed E-state index contributed by atoms with van der Waals surface area (Å²) in [5.74, 6) is -2.97. The van der Waals surface area contributed by atoms with Crippen LogP contribution in [0.5, 0.6) is 5.75 Å². The number of hydrogen-bond donors (Lipinski definition) is 1. The molecule has 1 rings (SSSR count). The van der Waals surface area contributed by atoms with Gasteiger partial charge < -0.3 is 15.2 Å². The fraction of sp³-hybridized carbons (Fsp3) is 0.533. The van der Waals surface area contributed by atoms with Gasteiger partial charge in [0.1, 0.15) is 0 Å². The van der Waals surface area contributed by atoms with Gasteiger partial charge in [-0.25, -0.2) is 13.6 Å². The number of halogens is 2. The van der Waals surface area contributed by atoms with E-state index >= 15 is 0 Å². The van der Waals surface area contributed by atoms with Crippen LogP contribution in [0.2, 0.25) is 0 Å². The van der Waals surface area contributed by atoms with Gasteiger partial charge in [0, 0.05) is 6.04 Å². The fourth-order valence-electron chi connectivity index (χ4n) is 1.77. The highest BCUT2D eigenvalue weighted by atomic mass is 19.1. The number of benzene rings is 1. The van der Waals surface area contributed by atoms with Crippen LogP contribution in [0.25, 0.3) is 0 Å². The highest BCUT2D eigenvalue weighted by molar-refractivity contribution is 5.74. The van der Waals surface area contributed by atoms with Crippen LogP contribution in [0, 0.1) is 11.6 Å². The lowest BCUT2D eigenvalue weighted by Crippen LogP contribution is -2.27. The summed E-state index contributed by atoms with van der Waals surface area (Å²) in [5.41, 5.74) is 6.21. The maximum Gasteiger partial charge on any atom is 0.347 e. The standard InChI is InChI=1S/C15H21F2NO3/c1-4-11(18)6-10-7-12(16)14(13(17)8-10)21-9(3)15(19)20-5-2/h7-9,11H,4-6,18H2,1-3H3. The van der Waals surface area contributed by atoms with Gasteiger partial charge in [-0.1, -0.05) is 6.92 Å². The highest BCUT2D eigenvalue weighted by Gasteiger charge is 2.21. The van der Waals surface area contributed by atoms with Crippen LogP contribution in [-0.4, -0.2) is 24.7 Å². The lowest BCUT2D eigenvalue weighted by atomic mass is 10.0. The van der Waals surface area contributed by atoms with E-state index in [0.29, 0.717) is 18.4 Å². The molecular weight excluding hydrogens is 280 g/mol. The van der Waals surface area contributed by atoms with Crippen molar-refractivity contribution in [3.05, 3.63) is 29.3 Å². The normalized spacial score (nSPS) is 13.6. The third kappa shape index (κ3) is 4.97. The molecule has 0 aliphatic carbocycles. The minimum absolute atomic E-state index is 0.158. The van der Waals surface area contributed by atoms with E-state index in [4.69, 9.17) is 15.2 Å². The van der Waals surface area contributed by atoms with Crippen LogP contribution in [0.4, 0.5) is 8.78 Å². The van der Waals surface area contributed by atoms with Gasteiger partial charge in [-0.05, 0) is 44.4 Å². The van der Waals surface area contributed by atoms with Gasteiger partial charge in [-0.2, -0.15) is 0 Å². The Kier molecular flexibility index (Phi) is 6.55. The summed E-state index contributed by atoms with van der Waals surface area (Å²) in [5, 5.41) is 0. The van der Waals surface area contributed by atoms with Crippen molar-refractivity contribution in [1.82, 2.24) is 0 Å². The first-order chi connectivity index (χ1) is 9.88. The molecule has 2 unspecified atom stereocenters. The summed E-state index contributed by atoms with van der Waals surface area (Å²) in [4.78, 5) is 11.4. The van der Waals surface area contributed by atoms with Gasteiger partial charge in [0.15, 0.2) is 23.5 Å². The smallest absolute Gasteiger partial charge is 0.347 e. The van der Waals surface area contributed by atoms with Crippen molar-refractivity contribution in [2.45, 2.75) is 45.8 Å². The largest absolute Gasteiger partial charge is 0.473 e. The number of carbonyl (C=O) groups excluding carboxylic acids is 1. The predicted molar refractivity (Wildman–Crippen MR) is 75.1 cm³/mol. The quantitative estimate of drug-likeness (QED) is 0.786. The second-order valence-electron chi connectivity index (χ2n) is 4.77. The molecular formula is C15H21F2NO3. The Hall–Kier alpha value is -1.69.